The molecule has 2 heterocycles. The molecule has 0 aliphatic carbocycles. The molecule has 100 valence electrons. The van der Waals surface area contributed by atoms with Crippen LogP contribution < -0.4 is 27.0 Å². The molecule has 4 unspecified atom stereocenters. The van der Waals surface area contributed by atoms with Crippen LogP contribution in [0.4, 0.5) is 0 Å². The van der Waals surface area contributed by atoms with E-state index in [1.165, 1.54) is 19.3 Å². The van der Waals surface area contributed by atoms with Gasteiger partial charge in [-0.25, -0.2) is 0 Å². The van der Waals surface area contributed by atoms with E-state index in [1.807, 2.05) is 0 Å². The highest BCUT2D eigenvalue weighted by molar-refractivity contribution is 4.75. The summed E-state index contributed by atoms with van der Waals surface area (Å²) in [6, 6.07) is 0.478. The molecule has 17 heavy (non-hydrogen) atoms. The molecule has 6 nitrogen and oxygen atoms in total. The van der Waals surface area contributed by atoms with Crippen LogP contribution in [0.1, 0.15) is 26.2 Å². The smallest absolute Gasteiger partial charge is 0.115 e. The molecule has 0 aromatic carbocycles. The van der Waals surface area contributed by atoms with Gasteiger partial charge in [-0.2, -0.15) is 0 Å². The monoisotopic (exact) mass is 243 g/mol. The molecule has 2 fully saturated rings. The lowest BCUT2D eigenvalue weighted by Crippen LogP contribution is -2.70. The van der Waals surface area contributed by atoms with Gasteiger partial charge in [-0.05, 0) is 32.1 Å². The Kier molecular flexibility index (Phi) is 5.15. The van der Waals surface area contributed by atoms with Crippen molar-refractivity contribution in [2.24, 2.45) is 11.7 Å². The predicted molar refractivity (Wildman–Crippen MR) is 66.8 cm³/mol. The van der Waals surface area contributed by atoms with E-state index in [0.29, 0.717) is 6.04 Å². The fraction of sp³-hybridized carbons (Fsp3) is 1.00. The van der Waals surface area contributed by atoms with E-state index in [-0.39, 0.29) is 12.6 Å². The van der Waals surface area contributed by atoms with Crippen molar-refractivity contribution in [3.63, 3.8) is 0 Å². The summed E-state index contributed by atoms with van der Waals surface area (Å²) in [6.07, 6.45) is 3.61. The molecule has 2 aliphatic rings. The van der Waals surface area contributed by atoms with Crippen LogP contribution in [0, 0.1) is 5.92 Å². The lowest BCUT2D eigenvalue weighted by molar-refractivity contribution is 0.181. The van der Waals surface area contributed by atoms with Crippen molar-refractivity contribution in [3.8, 4) is 0 Å². The molecule has 0 saturated carbocycles. The van der Waals surface area contributed by atoms with E-state index in [9.17, 15) is 0 Å². The first kappa shape index (κ1) is 13.2. The van der Waals surface area contributed by atoms with Crippen molar-refractivity contribution < 1.29 is 4.74 Å². The molecular formula is C11H25N5O. The van der Waals surface area contributed by atoms with Crippen molar-refractivity contribution >= 4 is 0 Å². The Morgan fingerprint density at radius 3 is 3.06 bits per heavy atom. The second-order valence-electron chi connectivity index (χ2n) is 5.04. The Balaban J connectivity index is 1.60. The molecule has 4 atom stereocenters. The van der Waals surface area contributed by atoms with Crippen molar-refractivity contribution in [1.82, 2.24) is 21.3 Å². The lowest BCUT2D eigenvalue weighted by Gasteiger charge is -2.33. The van der Waals surface area contributed by atoms with Crippen LogP contribution in [0.5, 0.6) is 0 Å². The van der Waals surface area contributed by atoms with Crippen LogP contribution in [0.15, 0.2) is 0 Å². The third kappa shape index (κ3) is 4.50. The zero-order valence-electron chi connectivity index (χ0n) is 10.5. The molecule has 0 radical (unpaired) electrons. The second kappa shape index (κ2) is 6.63. The van der Waals surface area contributed by atoms with Gasteiger partial charge in [-0.1, -0.05) is 0 Å². The highest BCUT2D eigenvalue weighted by Crippen LogP contribution is 2.18. The van der Waals surface area contributed by atoms with Gasteiger partial charge in [0.1, 0.15) is 12.6 Å². The van der Waals surface area contributed by atoms with Crippen LogP contribution >= 0.6 is 0 Å². The average Bonchev–Trinajstić information content (AvgIpc) is 2.79. The molecule has 2 rings (SSSR count). The zero-order valence-corrected chi connectivity index (χ0v) is 10.5. The SMILES string of the molecule is CC(CCC1CCOC1)NC1NCNC(N)N1. The third-order valence-electron chi connectivity index (χ3n) is 3.46. The van der Waals surface area contributed by atoms with Gasteiger partial charge in [0.05, 0.1) is 6.67 Å². The highest BCUT2D eigenvalue weighted by atomic mass is 16.5. The van der Waals surface area contributed by atoms with Crippen LogP contribution in [0.25, 0.3) is 0 Å². The van der Waals surface area contributed by atoms with Gasteiger partial charge in [0.15, 0.2) is 0 Å². The number of ether oxygens (including phenoxy) is 1. The Hall–Kier alpha value is -0.240. The summed E-state index contributed by atoms with van der Waals surface area (Å²) in [5.74, 6) is 0.760. The number of hydrogen-bond acceptors (Lipinski definition) is 6. The maximum absolute atomic E-state index is 5.76. The minimum Gasteiger partial charge on any atom is -0.381 e. The van der Waals surface area contributed by atoms with Crippen molar-refractivity contribution in [3.05, 3.63) is 0 Å². The fourth-order valence-corrected chi connectivity index (χ4v) is 2.34. The first-order valence-electron chi connectivity index (χ1n) is 6.56. The molecule has 0 spiro atoms. The standard InChI is InChI=1S/C11H25N5O/c1-8(2-3-9-4-5-17-6-9)15-11-14-7-13-10(12)16-11/h8-11,13-16H,2-7,12H2,1H3. The molecule has 0 bridgehead atoms. The molecule has 6 heteroatoms. The lowest BCUT2D eigenvalue weighted by atomic mass is 10.00. The van der Waals surface area contributed by atoms with Gasteiger partial charge in [0.25, 0.3) is 0 Å². The first-order chi connectivity index (χ1) is 8.24. The summed E-state index contributed by atoms with van der Waals surface area (Å²) in [4.78, 5) is 0. The predicted octanol–water partition coefficient (Wildman–Crippen LogP) is -0.953. The van der Waals surface area contributed by atoms with E-state index >= 15 is 0 Å². The number of hydrogen-bond donors (Lipinski definition) is 5. The van der Waals surface area contributed by atoms with Gasteiger partial charge in [-0.3, -0.25) is 21.3 Å². The Morgan fingerprint density at radius 2 is 2.35 bits per heavy atom. The molecule has 2 aliphatic heterocycles. The Bertz CT molecular complexity index is 222. The van der Waals surface area contributed by atoms with E-state index in [1.54, 1.807) is 0 Å². The summed E-state index contributed by atoms with van der Waals surface area (Å²) in [6.45, 7) is 4.84. The molecule has 0 aromatic rings. The van der Waals surface area contributed by atoms with Gasteiger partial charge in [0, 0.05) is 19.3 Å². The van der Waals surface area contributed by atoms with Crippen molar-refractivity contribution in [2.45, 2.75) is 44.8 Å². The third-order valence-corrected chi connectivity index (χ3v) is 3.46. The van der Waals surface area contributed by atoms with Crippen molar-refractivity contribution in [1.29, 1.82) is 0 Å². The summed E-state index contributed by atoms with van der Waals surface area (Å²) in [7, 11) is 0. The van der Waals surface area contributed by atoms with E-state index in [2.05, 4.69) is 28.2 Å². The van der Waals surface area contributed by atoms with Crippen LogP contribution in [-0.2, 0) is 4.74 Å². The molecule has 6 N–H and O–H groups in total. The number of nitrogens with one attached hydrogen (secondary N) is 4. The molecule has 0 amide bonds. The Labute approximate surface area is 103 Å². The number of nitrogens with two attached hydrogens (primary N) is 1. The summed E-state index contributed by atoms with van der Waals surface area (Å²) >= 11 is 0. The van der Waals surface area contributed by atoms with Gasteiger partial charge in [-0.15, -0.1) is 0 Å². The normalized spacial score (nSPS) is 36.0. The summed E-state index contributed by atoms with van der Waals surface area (Å²) in [5.41, 5.74) is 5.76. The van der Waals surface area contributed by atoms with Gasteiger partial charge in [0.2, 0.25) is 0 Å². The topological polar surface area (TPSA) is 83.4 Å². The molecule has 0 aromatic heterocycles. The van der Waals surface area contributed by atoms with E-state index < -0.39 is 0 Å². The van der Waals surface area contributed by atoms with Crippen LogP contribution in [0.2, 0.25) is 0 Å². The van der Waals surface area contributed by atoms with Gasteiger partial charge < -0.3 is 10.5 Å². The van der Waals surface area contributed by atoms with E-state index in [4.69, 9.17) is 10.5 Å². The maximum Gasteiger partial charge on any atom is 0.115 e. The maximum atomic E-state index is 5.76. The summed E-state index contributed by atoms with van der Waals surface area (Å²) < 4.78 is 5.38. The molecule has 2 saturated heterocycles. The quantitative estimate of drug-likeness (QED) is 0.428. The van der Waals surface area contributed by atoms with Crippen LogP contribution in [-0.4, -0.2) is 38.5 Å². The minimum atomic E-state index is -0.135. The average molecular weight is 243 g/mol. The first-order valence-corrected chi connectivity index (χ1v) is 6.56. The minimum absolute atomic E-state index is 0.0982. The number of rotatable bonds is 5. The largest absolute Gasteiger partial charge is 0.381 e. The van der Waals surface area contributed by atoms with Crippen LogP contribution in [0.3, 0.4) is 0 Å². The highest BCUT2D eigenvalue weighted by Gasteiger charge is 2.20. The Morgan fingerprint density at radius 1 is 1.47 bits per heavy atom. The summed E-state index contributed by atoms with van der Waals surface area (Å²) in [5, 5.41) is 13.0. The van der Waals surface area contributed by atoms with E-state index in [0.717, 1.165) is 25.8 Å². The molecular weight excluding hydrogens is 218 g/mol. The second-order valence-corrected chi connectivity index (χ2v) is 5.04. The van der Waals surface area contributed by atoms with Crippen molar-refractivity contribution in [2.75, 3.05) is 19.9 Å². The fourth-order valence-electron chi connectivity index (χ4n) is 2.34. The zero-order chi connectivity index (χ0) is 12.1. The van der Waals surface area contributed by atoms with Gasteiger partial charge >= 0.3 is 0 Å².